The third kappa shape index (κ3) is 7.82. The number of aromatic nitrogens is 1. The number of rotatable bonds is 9. The van der Waals surface area contributed by atoms with Crippen LogP contribution in [0.25, 0.3) is 0 Å². The highest BCUT2D eigenvalue weighted by molar-refractivity contribution is 6.01. The van der Waals surface area contributed by atoms with Gasteiger partial charge in [-0.25, -0.2) is 9.98 Å². The minimum atomic E-state index is -0.234. The van der Waals surface area contributed by atoms with E-state index in [1.54, 1.807) is 19.0 Å². The van der Waals surface area contributed by atoms with Crippen molar-refractivity contribution >= 4 is 40.9 Å². The van der Waals surface area contributed by atoms with E-state index in [1.165, 1.54) is 37.8 Å². The molecule has 8 rings (SSSR count). The minimum absolute atomic E-state index is 0.0208. The second-order valence-electron chi connectivity index (χ2n) is 15.9. The van der Waals surface area contributed by atoms with Gasteiger partial charge in [-0.2, -0.15) is 0 Å². The van der Waals surface area contributed by atoms with E-state index in [0.717, 1.165) is 92.9 Å². The Hall–Kier alpha value is -4.91. The van der Waals surface area contributed by atoms with Gasteiger partial charge in [0.05, 0.1) is 17.8 Å². The van der Waals surface area contributed by atoms with E-state index in [-0.39, 0.29) is 29.8 Å². The molecule has 2 aromatic rings. The molecule has 2 atom stereocenters. The van der Waals surface area contributed by atoms with Gasteiger partial charge in [0.15, 0.2) is 6.17 Å². The molecule has 2 unspecified atom stereocenters. The van der Waals surface area contributed by atoms with Gasteiger partial charge in [-0.15, -0.1) is 0 Å². The van der Waals surface area contributed by atoms with Crippen LogP contribution in [0.4, 0.5) is 17.2 Å². The van der Waals surface area contributed by atoms with Crippen molar-refractivity contribution in [2.45, 2.75) is 75.9 Å². The Labute approximate surface area is 318 Å². The highest BCUT2D eigenvalue weighted by Gasteiger charge is 2.41. The minimum Gasteiger partial charge on any atom is -0.370 e. The van der Waals surface area contributed by atoms with E-state index < -0.39 is 0 Å². The van der Waals surface area contributed by atoms with Crippen LogP contribution >= 0.6 is 0 Å². The molecule has 3 saturated heterocycles. The number of hydrogen-bond acceptors (Lipinski definition) is 11. The van der Waals surface area contributed by atoms with Crippen LogP contribution in [0, 0.1) is 5.92 Å². The Morgan fingerprint density at radius 2 is 1.61 bits per heavy atom. The number of piperazine rings is 1. The molecule has 54 heavy (non-hydrogen) atoms. The Kier molecular flexibility index (Phi) is 10.6. The van der Waals surface area contributed by atoms with Gasteiger partial charge in [0, 0.05) is 83.3 Å². The molecule has 13 nitrogen and oxygen atoms in total. The molecule has 286 valence electrons. The lowest BCUT2D eigenvalue weighted by Gasteiger charge is -2.38. The first-order valence-electron chi connectivity index (χ1n) is 19.9. The number of nitrogens with one attached hydrogen (secondary N) is 3. The zero-order chi connectivity index (χ0) is 37.2. The summed E-state index contributed by atoms with van der Waals surface area (Å²) in [7, 11) is 3.61. The fourth-order valence-electron chi connectivity index (χ4n) is 8.98. The molecule has 5 aliphatic heterocycles. The number of hydrogen-bond donors (Lipinski definition) is 3. The average Bonchev–Trinajstić information content (AvgIpc) is 3.86. The quantitative estimate of drug-likeness (QED) is 0.327. The average molecular weight is 735 g/mol. The number of pyridine rings is 1. The van der Waals surface area contributed by atoms with E-state index in [1.807, 2.05) is 24.5 Å². The van der Waals surface area contributed by atoms with Gasteiger partial charge in [0.25, 0.3) is 5.91 Å². The number of likely N-dealkylation sites (N-methyl/N-ethyl adjacent to an activating group) is 1. The highest BCUT2D eigenvalue weighted by Crippen LogP contribution is 2.37. The lowest BCUT2D eigenvalue weighted by molar-refractivity contribution is -0.134. The first-order chi connectivity index (χ1) is 26.3. The van der Waals surface area contributed by atoms with Gasteiger partial charge in [-0.3, -0.25) is 24.6 Å². The summed E-state index contributed by atoms with van der Waals surface area (Å²) < 4.78 is 0. The molecule has 6 aliphatic rings. The molecule has 1 aromatic heterocycles. The maximum Gasteiger partial charge on any atom is 0.269 e. The molecule has 0 spiro atoms. The SMILES string of the molecule is CN(C)C(=O)C1=CC2=CNC(Nc3ccc(N4CCC(CCN5CCN(c6ccc(C7CCC(=O)NC7=O)cc6)CC5)CC4)cn3)=NC2N1C1CCCC1. The first-order valence-corrected chi connectivity index (χ1v) is 19.9. The van der Waals surface area contributed by atoms with Crippen molar-refractivity contribution in [1.82, 2.24) is 30.3 Å². The molecule has 13 heteroatoms. The van der Waals surface area contributed by atoms with Gasteiger partial charge in [-0.1, -0.05) is 25.0 Å². The predicted molar refractivity (Wildman–Crippen MR) is 211 cm³/mol. The van der Waals surface area contributed by atoms with Gasteiger partial charge in [0.1, 0.15) is 11.5 Å². The number of piperidine rings is 2. The van der Waals surface area contributed by atoms with Gasteiger partial charge >= 0.3 is 0 Å². The monoisotopic (exact) mass is 734 g/mol. The summed E-state index contributed by atoms with van der Waals surface area (Å²) in [5.74, 6) is 1.56. The second kappa shape index (κ2) is 15.8. The Morgan fingerprint density at radius 3 is 2.30 bits per heavy atom. The number of benzene rings is 1. The lowest BCUT2D eigenvalue weighted by atomic mass is 9.90. The standard InChI is InChI=1S/C41H54N10O3/c1-47(2)40(54)35-25-30-26-43-41(46-38(30)51(35)32-5-3-4-6-32)44-36-13-11-33(27-42-36)49-19-16-28(17-20-49)15-18-48-21-23-50(24-22-48)31-9-7-29(8-10-31)34-12-14-37(52)45-39(34)53/h7-11,13,25-28,32,34,38H,3-6,12,14-24H2,1-2H3,(H,45,52,53)(H2,42,43,44,46). The molecule has 0 bridgehead atoms. The summed E-state index contributed by atoms with van der Waals surface area (Å²) in [4.78, 5) is 58.0. The van der Waals surface area contributed by atoms with Crippen LogP contribution in [0.2, 0.25) is 0 Å². The molecule has 3 N–H and O–H groups in total. The van der Waals surface area contributed by atoms with E-state index in [9.17, 15) is 14.4 Å². The second-order valence-corrected chi connectivity index (χ2v) is 15.9. The number of aliphatic imine (C=N–C) groups is 1. The molecule has 0 radical (unpaired) electrons. The highest BCUT2D eigenvalue weighted by atomic mass is 16.2. The van der Waals surface area contributed by atoms with E-state index >= 15 is 0 Å². The summed E-state index contributed by atoms with van der Waals surface area (Å²) in [6.07, 6.45) is 14.9. The topological polar surface area (TPSA) is 129 Å². The number of anilines is 3. The van der Waals surface area contributed by atoms with Crippen molar-refractivity contribution in [2.75, 3.05) is 75.0 Å². The smallest absolute Gasteiger partial charge is 0.269 e. The Balaban J connectivity index is 0.770. The van der Waals surface area contributed by atoms with Crippen molar-refractivity contribution in [1.29, 1.82) is 0 Å². The van der Waals surface area contributed by atoms with Crippen LogP contribution in [-0.2, 0) is 14.4 Å². The largest absolute Gasteiger partial charge is 0.370 e. The Morgan fingerprint density at radius 1 is 0.889 bits per heavy atom. The molecule has 1 aliphatic carbocycles. The van der Waals surface area contributed by atoms with Crippen LogP contribution in [0.3, 0.4) is 0 Å². The molecule has 1 aromatic carbocycles. The zero-order valence-electron chi connectivity index (χ0n) is 31.7. The van der Waals surface area contributed by atoms with Crippen molar-refractivity contribution in [3.8, 4) is 0 Å². The van der Waals surface area contributed by atoms with Crippen molar-refractivity contribution in [3.63, 3.8) is 0 Å². The van der Waals surface area contributed by atoms with Gasteiger partial charge < -0.3 is 30.2 Å². The fourth-order valence-corrected chi connectivity index (χ4v) is 8.98. The molecule has 3 amide bonds. The zero-order valence-corrected chi connectivity index (χ0v) is 31.7. The van der Waals surface area contributed by atoms with Crippen LogP contribution in [0.1, 0.15) is 69.3 Å². The number of carbonyl (C=O) groups excluding carboxylic acids is 3. The summed E-state index contributed by atoms with van der Waals surface area (Å²) >= 11 is 0. The molecule has 6 heterocycles. The number of imide groups is 1. The maximum absolute atomic E-state index is 13.1. The molecular weight excluding hydrogens is 681 g/mol. The van der Waals surface area contributed by atoms with Crippen molar-refractivity contribution in [3.05, 3.63) is 71.7 Å². The summed E-state index contributed by atoms with van der Waals surface area (Å²) in [6, 6.07) is 12.9. The first kappa shape index (κ1) is 36.1. The van der Waals surface area contributed by atoms with E-state index in [4.69, 9.17) is 9.98 Å². The molecule has 1 saturated carbocycles. The van der Waals surface area contributed by atoms with Crippen molar-refractivity contribution in [2.24, 2.45) is 10.9 Å². The summed E-state index contributed by atoms with van der Waals surface area (Å²) in [5, 5.41) is 9.13. The number of amides is 3. The van der Waals surface area contributed by atoms with Gasteiger partial charge in [0.2, 0.25) is 17.8 Å². The third-order valence-corrected chi connectivity index (χ3v) is 12.2. The lowest BCUT2D eigenvalue weighted by Crippen LogP contribution is -2.47. The number of fused-ring (bicyclic) bond motifs is 1. The van der Waals surface area contributed by atoms with Crippen LogP contribution in [0.5, 0.6) is 0 Å². The van der Waals surface area contributed by atoms with E-state index in [2.05, 4.69) is 65.9 Å². The summed E-state index contributed by atoms with van der Waals surface area (Å²) in [5.41, 5.74) is 5.08. The molecular formula is C41H54N10O3. The van der Waals surface area contributed by atoms with E-state index in [0.29, 0.717) is 24.8 Å². The number of guanidine groups is 1. The third-order valence-electron chi connectivity index (χ3n) is 12.2. The summed E-state index contributed by atoms with van der Waals surface area (Å²) in [6.45, 7) is 7.37. The maximum atomic E-state index is 13.1. The molecule has 4 fully saturated rings. The van der Waals surface area contributed by atoms with Crippen LogP contribution in [-0.4, -0.2) is 115 Å². The van der Waals surface area contributed by atoms with Crippen LogP contribution < -0.4 is 25.8 Å². The normalized spacial score (nSPS) is 24.0. The Bertz CT molecular complexity index is 1780. The predicted octanol–water partition coefficient (Wildman–Crippen LogP) is 3.84. The van der Waals surface area contributed by atoms with Gasteiger partial charge in [-0.05, 0) is 86.9 Å². The number of nitrogens with zero attached hydrogens (tertiary/aromatic N) is 7. The fraction of sp³-hybridized carbons (Fsp3) is 0.537. The van der Waals surface area contributed by atoms with Crippen LogP contribution in [0.15, 0.2) is 71.1 Å². The number of carbonyl (C=O) groups is 3. The van der Waals surface area contributed by atoms with Crippen molar-refractivity contribution < 1.29 is 14.4 Å².